The van der Waals surface area contributed by atoms with E-state index in [4.69, 9.17) is 14.7 Å². The van der Waals surface area contributed by atoms with Gasteiger partial charge < -0.3 is 24.6 Å². The van der Waals surface area contributed by atoms with Gasteiger partial charge in [0, 0.05) is 39.5 Å². The van der Waals surface area contributed by atoms with Crippen molar-refractivity contribution in [1.82, 2.24) is 20.1 Å². The second-order valence-electron chi connectivity index (χ2n) is 7.99. The zero-order valence-corrected chi connectivity index (χ0v) is 19.5. The normalized spacial score (nSPS) is 14.9. The van der Waals surface area contributed by atoms with E-state index in [2.05, 4.69) is 15.4 Å². The molecule has 1 fully saturated rings. The zero-order valence-electron chi connectivity index (χ0n) is 19.5. The zero-order chi connectivity index (χ0) is 26.1. The largest absolute Gasteiger partial charge is 0.423 e. The molecule has 0 saturated carbocycles. The van der Waals surface area contributed by atoms with Crippen LogP contribution in [0.2, 0.25) is 0 Å². The number of carbonyl (C=O) groups excluding carboxylic acids is 1. The van der Waals surface area contributed by atoms with Gasteiger partial charge >= 0.3 is 6.18 Å². The average Bonchev–Trinajstić information content (AvgIpc) is 2.86. The van der Waals surface area contributed by atoms with Crippen LogP contribution in [-0.2, 0) is 20.4 Å². The lowest BCUT2D eigenvalue weighted by molar-refractivity contribution is -0.138. The summed E-state index contributed by atoms with van der Waals surface area (Å²) in [6, 6.07) is 4.78. The van der Waals surface area contributed by atoms with Gasteiger partial charge in [0.05, 0.1) is 49.7 Å². The quantitative estimate of drug-likeness (QED) is 0.453. The smallest absolute Gasteiger partial charge is 0.382 e. The fraction of sp³-hybridized carbons (Fsp3) is 0.500. The van der Waals surface area contributed by atoms with Gasteiger partial charge in [-0.05, 0) is 12.1 Å². The molecule has 2 aromatic rings. The number of halogens is 3. The molecule has 0 aromatic carbocycles. The van der Waals surface area contributed by atoms with Gasteiger partial charge in [-0.15, -0.1) is 0 Å². The standard InChI is InChI=1S/C22H26F3N7O4/c1-35-13-16(29-17-12-28-30-21(34)20(17)22(23,24)25)14-36-9-4-19(33)32-7-5-31(6-8-32)18-3-2-15(10-26)11-27-18/h2-3,11-12,16H,4-9,13-14H2,1H3,(H2,29,30,34)/t16-/m1/s1. The Morgan fingerprint density at radius 3 is 2.61 bits per heavy atom. The molecule has 0 radical (unpaired) electrons. The summed E-state index contributed by atoms with van der Waals surface area (Å²) in [5, 5.41) is 16.7. The number of rotatable bonds is 10. The van der Waals surface area contributed by atoms with Crippen LogP contribution in [0.25, 0.3) is 0 Å². The predicted molar refractivity (Wildman–Crippen MR) is 122 cm³/mol. The van der Waals surface area contributed by atoms with Crippen molar-refractivity contribution in [3.63, 3.8) is 0 Å². The lowest BCUT2D eigenvalue weighted by Gasteiger charge is -2.35. The third kappa shape index (κ3) is 7.15. The van der Waals surface area contributed by atoms with E-state index in [9.17, 15) is 22.8 Å². The summed E-state index contributed by atoms with van der Waals surface area (Å²) in [5.41, 5.74) is -2.75. The van der Waals surface area contributed by atoms with E-state index in [1.165, 1.54) is 13.3 Å². The molecular formula is C22H26F3N7O4. The Morgan fingerprint density at radius 2 is 2.00 bits per heavy atom. The molecule has 1 atom stereocenters. The molecule has 2 aromatic heterocycles. The summed E-state index contributed by atoms with van der Waals surface area (Å²) in [5.74, 6) is 0.641. The fourth-order valence-corrected chi connectivity index (χ4v) is 3.71. The van der Waals surface area contributed by atoms with Crippen LogP contribution >= 0.6 is 0 Å². The Balaban J connectivity index is 1.45. The summed E-state index contributed by atoms with van der Waals surface area (Å²) in [7, 11) is 1.38. The van der Waals surface area contributed by atoms with Crippen molar-refractivity contribution in [2.24, 2.45) is 0 Å². The minimum Gasteiger partial charge on any atom is -0.382 e. The maximum Gasteiger partial charge on any atom is 0.423 e. The number of ether oxygens (including phenoxy) is 2. The van der Waals surface area contributed by atoms with Gasteiger partial charge in [-0.25, -0.2) is 10.1 Å². The number of pyridine rings is 1. The van der Waals surface area contributed by atoms with E-state index in [1.807, 2.05) is 11.0 Å². The molecule has 1 aliphatic heterocycles. The summed E-state index contributed by atoms with van der Waals surface area (Å²) >= 11 is 0. The summed E-state index contributed by atoms with van der Waals surface area (Å²) in [6.07, 6.45) is -2.38. The molecule has 14 heteroatoms. The maximum absolute atomic E-state index is 13.3. The van der Waals surface area contributed by atoms with Gasteiger partial charge in [0.15, 0.2) is 0 Å². The monoisotopic (exact) mass is 509 g/mol. The van der Waals surface area contributed by atoms with Crippen LogP contribution in [-0.4, -0.2) is 85.1 Å². The highest BCUT2D eigenvalue weighted by molar-refractivity contribution is 5.76. The molecule has 194 valence electrons. The number of piperazine rings is 1. The van der Waals surface area contributed by atoms with Crippen LogP contribution in [0.5, 0.6) is 0 Å². The van der Waals surface area contributed by atoms with Crippen molar-refractivity contribution in [1.29, 1.82) is 5.26 Å². The van der Waals surface area contributed by atoms with Gasteiger partial charge in [0.1, 0.15) is 17.5 Å². The number of hydrogen-bond donors (Lipinski definition) is 2. The van der Waals surface area contributed by atoms with Crippen LogP contribution in [0.15, 0.2) is 29.3 Å². The van der Waals surface area contributed by atoms with E-state index in [1.54, 1.807) is 22.1 Å². The van der Waals surface area contributed by atoms with E-state index in [-0.39, 0.29) is 32.1 Å². The minimum absolute atomic E-state index is 0.00336. The number of hydrogen-bond acceptors (Lipinski definition) is 9. The molecule has 0 bridgehead atoms. The Bertz CT molecular complexity index is 1110. The van der Waals surface area contributed by atoms with Crippen LogP contribution in [0.4, 0.5) is 24.7 Å². The van der Waals surface area contributed by atoms with Crippen molar-refractivity contribution in [3.8, 4) is 6.07 Å². The van der Waals surface area contributed by atoms with Gasteiger partial charge in [-0.2, -0.15) is 23.5 Å². The number of nitrogens with zero attached hydrogens (tertiary/aromatic N) is 5. The molecule has 11 nitrogen and oxygen atoms in total. The molecule has 0 unspecified atom stereocenters. The first-order chi connectivity index (χ1) is 17.2. The van der Waals surface area contributed by atoms with E-state index in [0.717, 1.165) is 12.0 Å². The molecule has 0 aliphatic carbocycles. The number of methoxy groups -OCH3 is 1. The molecule has 1 amide bonds. The highest BCUT2D eigenvalue weighted by Gasteiger charge is 2.37. The van der Waals surface area contributed by atoms with Crippen molar-refractivity contribution in [2.75, 3.05) is 63.3 Å². The second kappa shape index (κ2) is 12.3. The number of nitrogens with one attached hydrogen (secondary N) is 2. The number of anilines is 2. The Hall–Kier alpha value is -3.70. The number of alkyl halides is 3. The first kappa shape index (κ1) is 26.9. The van der Waals surface area contributed by atoms with Crippen LogP contribution in [0.1, 0.15) is 17.5 Å². The Labute approximate surface area is 204 Å². The molecule has 0 spiro atoms. The number of aromatic amines is 1. The fourth-order valence-electron chi connectivity index (χ4n) is 3.71. The van der Waals surface area contributed by atoms with Crippen molar-refractivity contribution < 1.29 is 27.4 Å². The molecule has 3 rings (SSSR count). The average molecular weight is 509 g/mol. The molecule has 1 aliphatic rings. The van der Waals surface area contributed by atoms with Crippen molar-refractivity contribution in [2.45, 2.75) is 18.6 Å². The number of H-pyrrole nitrogens is 1. The topological polar surface area (TPSA) is 136 Å². The summed E-state index contributed by atoms with van der Waals surface area (Å²) in [4.78, 5) is 32.2. The number of amides is 1. The minimum atomic E-state index is -4.87. The summed E-state index contributed by atoms with van der Waals surface area (Å²) in [6.45, 7) is 2.22. The second-order valence-corrected chi connectivity index (χ2v) is 7.99. The maximum atomic E-state index is 13.3. The third-order valence-electron chi connectivity index (χ3n) is 5.48. The SMILES string of the molecule is COC[C@H](COCCC(=O)N1CCN(c2ccc(C#N)cn2)CC1)Nc1cn[nH]c(=O)c1C(F)(F)F. The third-order valence-corrected chi connectivity index (χ3v) is 5.48. The molecule has 2 N–H and O–H groups in total. The van der Waals surface area contributed by atoms with Crippen LogP contribution < -0.4 is 15.8 Å². The molecular weight excluding hydrogens is 483 g/mol. The Kier molecular flexibility index (Phi) is 9.20. The van der Waals surface area contributed by atoms with Crippen LogP contribution in [0.3, 0.4) is 0 Å². The molecule has 3 heterocycles. The van der Waals surface area contributed by atoms with Gasteiger partial charge in [-0.1, -0.05) is 0 Å². The molecule has 1 saturated heterocycles. The lowest BCUT2D eigenvalue weighted by Crippen LogP contribution is -2.49. The number of aromatic nitrogens is 3. The van der Waals surface area contributed by atoms with E-state index in [0.29, 0.717) is 31.7 Å². The van der Waals surface area contributed by atoms with Gasteiger partial charge in [0.25, 0.3) is 5.56 Å². The Morgan fingerprint density at radius 1 is 1.25 bits per heavy atom. The highest BCUT2D eigenvalue weighted by atomic mass is 19.4. The number of nitriles is 1. The molecule has 36 heavy (non-hydrogen) atoms. The van der Waals surface area contributed by atoms with E-state index < -0.39 is 29.0 Å². The lowest BCUT2D eigenvalue weighted by atomic mass is 10.2. The van der Waals surface area contributed by atoms with Gasteiger partial charge in [0.2, 0.25) is 5.91 Å². The summed E-state index contributed by atoms with van der Waals surface area (Å²) < 4.78 is 50.3. The first-order valence-corrected chi connectivity index (χ1v) is 11.1. The van der Waals surface area contributed by atoms with Crippen molar-refractivity contribution >= 4 is 17.4 Å². The van der Waals surface area contributed by atoms with Crippen molar-refractivity contribution in [3.05, 3.63) is 46.0 Å². The first-order valence-electron chi connectivity index (χ1n) is 11.1. The predicted octanol–water partition coefficient (Wildman–Crippen LogP) is 1.24. The van der Waals surface area contributed by atoms with Gasteiger partial charge in [-0.3, -0.25) is 9.59 Å². The van der Waals surface area contributed by atoms with Crippen LogP contribution in [0, 0.1) is 11.3 Å². The highest BCUT2D eigenvalue weighted by Crippen LogP contribution is 2.31. The van der Waals surface area contributed by atoms with E-state index >= 15 is 0 Å². The number of carbonyl (C=O) groups is 1.